The zero-order chi connectivity index (χ0) is 12.5. The van der Waals surface area contributed by atoms with Gasteiger partial charge in [0.1, 0.15) is 12.7 Å². The predicted octanol–water partition coefficient (Wildman–Crippen LogP) is 3.35. The number of nitrogens with zero attached hydrogens (tertiary/aromatic N) is 3. The molecule has 0 aliphatic heterocycles. The summed E-state index contributed by atoms with van der Waals surface area (Å²) < 4.78 is 3.54. The molecule has 0 amide bonds. The van der Waals surface area contributed by atoms with Gasteiger partial charge in [-0.3, -0.25) is 0 Å². The molecule has 0 saturated carbocycles. The van der Waals surface area contributed by atoms with Crippen LogP contribution in [0.25, 0.3) is 5.57 Å². The number of alkyl halides is 3. The summed E-state index contributed by atoms with van der Waals surface area (Å²) in [6, 6.07) is 1.58. The summed E-state index contributed by atoms with van der Waals surface area (Å²) in [4.78, 5) is 11.6. The first kappa shape index (κ1) is 12.4. The van der Waals surface area contributed by atoms with E-state index in [0.29, 0.717) is 17.0 Å². The molecule has 0 spiro atoms. The van der Waals surface area contributed by atoms with Crippen LogP contribution in [0.1, 0.15) is 17.1 Å². The third-order valence-corrected chi connectivity index (χ3v) is 2.55. The average Bonchev–Trinajstić information content (AvgIpc) is 2.78. The van der Waals surface area contributed by atoms with Gasteiger partial charge in [-0.25, -0.2) is 15.0 Å². The third-order valence-electron chi connectivity index (χ3n) is 1.99. The van der Waals surface area contributed by atoms with Crippen molar-refractivity contribution in [3.8, 4) is 0 Å². The minimum absolute atomic E-state index is 0.215. The van der Waals surface area contributed by atoms with E-state index in [9.17, 15) is 0 Å². The lowest BCUT2D eigenvalue weighted by atomic mass is 10.1. The Labute approximate surface area is 112 Å². The molecule has 0 aromatic carbocycles. The fourth-order valence-corrected chi connectivity index (χ4v) is 1.46. The molecule has 0 aliphatic rings. The SMILES string of the molecule is C=C(c1coc(C(Cl)(Cl)Cl)c1)c1ncncn1. The normalized spacial score (nSPS) is 11.5. The molecule has 2 aromatic rings. The fraction of sp³-hybridized carbons (Fsp3) is 0.100. The Morgan fingerprint density at radius 3 is 2.41 bits per heavy atom. The topological polar surface area (TPSA) is 51.8 Å². The lowest BCUT2D eigenvalue weighted by Gasteiger charge is -2.04. The van der Waals surface area contributed by atoms with Crippen molar-refractivity contribution in [2.75, 3.05) is 0 Å². The van der Waals surface area contributed by atoms with Gasteiger partial charge in [0.25, 0.3) is 0 Å². The third kappa shape index (κ3) is 2.77. The van der Waals surface area contributed by atoms with Crippen molar-refractivity contribution in [2.24, 2.45) is 0 Å². The van der Waals surface area contributed by atoms with Crippen LogP contribution in [0.15, 0.2) is 36.0 Å². The highest BCUT2D eigenvalue weighted by molar-refractivity contribution is 6.66. The standard InChI is InChI=1S/C10H6Cl3N3O/c1-6(9-15-4-14-5-16-9)7-2-8(17-3-7)10(11,12)13/h2-5H,1H2. The highest BCUT2D eigenvalue weighted by Gasteiger charge is 2.27. The van der Waals surface area contributed by atoms with Gasteiger partial charge in [-0.05, 0) is 6.07 Å². The molecular formula is C10H6Cl3N3O. The molecule has 17 heavy (non-hydrogen) atoms. The Hall–Kier alpha value is -1.10. The fourth-order valence-electron chi connectivity index (χ4n) is 1.17. The lowest BCUT2D eigenvalue weighted by Crippen LogP contribution is -1.97. The van der Waals surface area contributed by atoms with E-state index in [1.165, 1.54) is 18.9 Å². The van der Waals surface area contributed by atoms with Gasteiger partial charge in [-0.2, -0.15) is 0 Å². The van der Waals surface area contributed by atoms with Crippen molar-refractivity contribution < 1.29 is 4.42 Å². The van der Waals surface area contributed by atoms with Gasteiger partial charge >= 0.3 is 0 Å². The van der Waals surface area contributed by atoms with Crippen LogP contribution in [0.5, 0.6) is 0 Å². The lowest BCUT2D eigenvalue weighted by molar-refractivity contribution is 0.517. The Balaban J connectivity index is 2.30. The zero-order valence-corrected chi connectivity index (χ0v) is 10.7. The Morgan fingerprint density at radius 1 is 1.24 bits per heavy atom. The number of furan rings is 1. The summed E-state index contributed by atoms with van der Waals surface area (Å²) in [5.74, 6) is 0.657. The molecule has 2 heterocycles. The smallest absolute Gasteiger partial charge is 0.248 e. The van der Waals surface area contributed by atoms with E-state index in [1.807, 2.05) is 0 Å². The van der Waals surface area contributed by atoms with Crippen LogP contribution in [0, 0.1) is 0 Å². The van der Waals surface area contributed by atoms with Crippen LogP contribution in [-0.2, 0) is 3.79 Å². The van der Waals surface area contributed by atoms with Crippen molar-refractivity contribution in [1.29, 1.82) is 0 Å². The van der Waals surface area contributed by atoms with Gasteiger partial charge in [-0.15, -0.1) is 0 Å². The van der Waals surface area contributed by atoms with Crippen LogP contribution in [-0.4, -0.2) is 15.0 Å². The molecule has 0 bridgehead atoms. The number of hydrogen-bond donors (Lipinski definition) is 0. The molecule has 0 saturated heterocycles. The monoisotopic (exact) mass is 289 g/mol. The molecule has 0 aliphatic carbocycles. The van der Waals surface area contributed by atoms with Crippen LogP contribution in [0.2, 0.25) is 0 Å². The van der Waals surface area contributed by atoms with Gasteiger partial charge in [0.2, 0.25) is 3.79 Å². The molecule has 0 N–H and O–H groups in total. The van der Waals surface area contributed by atoms with E-state index in [1.54, 1.807) is 6.07 Å². The Kier molecular flexibility index (Phi) is 3.38. The highest BCUT2D eigenvalue weighted by atomic mass is 35.6. The molecule has 2 rings (SSSR count). The first-order valence-electron chi connectivity index (χ1n) is 4.46. The first-order valence-corrected chi connectivity index (χ1v) is 5.59. The zero-order valence-electron chi connectivity index (χ0n) is 8.40. The van der Waals surface area contributed by atoms with E-state index in [-0.39, 0.29) is 5.76 Å². The molecule has 4 nitrogen and oxygen atoms in total. The number of hydrogen-bond acceptors (Lipinski definition) is 4. The molecule has 7 heteroatoms. The van der Waals surface area contributed by atoms with E-state index >= 15 is 0 Å². The minimum atomic E-state index is -1.60. The number of rotatable bonds is 2. The molecule has 0 fully saturated rings. The summed E-state index contributed by atoms with van der Waals surface area (Å²) in [5, 5.41) is 0. The minimum Gasteiger partial charge on any atom is -0.464 e. The van der Waals surface area contributed by atoms with Crippen LogP contribution in [0.3, 0.4) is 0 Å². The summed E-state index contributed by atoms with van der Waals surface area (Å²) >= 11 is 17.1. The van der Waals surface area contributed by atoms with Gasteiger partial charge in [-0.1, -0.05) is 41.4 Å². The van der Waals surface area contributed by atoms with Crippen LogP contribution >= 0.6 is 34.8 Å². The molecule has 0 radical (unpaired) electrons. The van der Waals surface area contributed by atoms with Crippen LogP contribution < -0.4 is 0 Å². The second kappa shape index (κ2) is 4.64. The summed E-state index contributed by atoms with van der Waals surface area (Å²) in [7, 11) is 0. The van der Waals surface area contributed by atoms with Crippen molar-refractivity contribution >= 4 is 40.4 Å². The molecular weight excluding hydrogens is 284 g/mol. The largest absolute Gasteiger partial charge is 0.464 e. The Bertz CT molecular complexity index is 533. The first-order chi connectivity index (χ1) is 7.98. The van der Waals surface area contributed by atoms with Gasteiger partial charge in [0.05, 0.1) is 6.26 Å². The van der Waals surface area contributed by atoms with Crippen LogP contribution in [0.4, 0.5) is 0 Å². The van der Waals surface area contributed by atoms with E-state index in [4.69, 9.17) is 39.2 Å². The molecule has 88 valence electrons. The predicted molar refractivity (Wildman–Crippen MR) is 65.9 cm³/mol. The summed E-state index contributed by atoms with van der Waals surface area (Å²) in [5.41, 5.74) is 1.22. The molecule has 0 unspecified atom stereocenters. The second-order valence-electron chi connectivity index (χ2n) is 3.14. The van der Waals surface area contributed by atoms with Gasteiger partial charge in [0.15, 0.2) is 11.6 Å². The highest BCUT2D eigenvalue weighted by Crippen LogP contribution is 2.39. The average molecular weight is 291 g/mol. The molecule has 0 atom stereocenters. The summed E-state index contributed by atoms with van der Waals surface area (Å²) in [6.07, 6.45) is 4.19. The van der Waals surface area contributed by atoms with E-state index in [2.05, 4.69) is 21.5 Å². The van der Waals surface area contributed by atoms with Gasteiger partial charge < -0.3 is 4.42 Å². The van der Waals surface area contributed by atoms with E-state index in [0.717, 1.165) is 0 Å². The van der Waals surface area contributed by atoms with E-state index < -0.39 is 3.79 Å². The van der Waals surface area contributed by atoms with Gasteiger partial charge in [0, 0.05) is 11.1 Å². The Morgan fingerprint density at radius 2 is 1.88 bits per heavy atom. The van der Waals surface area contributed by atoms with Crippen molar-refractivity contribution in [3.63, 3.8) is 0 Å². The second-order valence-corrected chi connectivity index (χ2v) is 5.42. The van der Waals surface area contributed by atoms with Crippen molar-refractivity contribution in [1.82, 2.24) is 15.0 Å². The number of aromatic nitrogens is 3. The summed E-state index contributed by atoms with van der Waals surface area (Å²) in [6.45, 7) is 3.85. The molecule has 2 aromatic heterocycles. The maximum atomic E-state index is 5.69. The number of halogens is 3. The van der Waals surface area contributed by atoms with Crippen molar-refractivity contribution in [3.05, 3.63) is 48.7 Å². The maximum absolute atomic E-state index is 5.69. The van der Waals surface area contributed by atoms with Crippen molar-refractivity contribution in [2.45, 2.75) is 3.79 Å². The quantitative estimate of drug-likeness (QED) is 0.796. The maximum Gasteiger partial charge on any atom is 0.248 e.